The lowest BCUT2D eigenvalue weighted by atomic mass is 10.0. The molecule has 0 aliphatic heterocycles. The first kappa shape index (κ1) is 77.1. The Balaban J connectivity index is 5.08. The van der Waals surface area contributed by atoms with Gasteiger partial charge in [-0.3, -0.25) is 37.3 Å². The van der Waals surface area contributed by atoms with E-state index >= 15 is 0 Å². The van der Waals surface area contributed by atoms with Gasteiger partial charge in [-0.2, -0.15) is 0 Å². The minimum absolute atomic E-state index is 0.103. The van der Waals surface area contributed by atoms with Gasteiger partial charge >= 0.3 is 39.5 Å². The highest BCUT2D eigenvalue weighted by atomic mass is 31.2. The average molecular weight is 1170 g/mol. The number of phosphoric ester groups is 2. The molecule has 0 saturated carbocycles. The van der Waals surface area contributed by atoms with Gasteiger partial charge in [-0.15, -0.1) is 0 Å². The molecule has 0 amide bonds. The number of carbonyl (C=O) groups is 4. The number of carbonyl (C=O) groups excluding carboxylic acids is 4. The van der Waals surface area contributed by atoms with E-state index in [4.69, 9.17) is 37.0 Å². The van der Waals surface area contributed by atoms with Crippen LogP contribution in [0.2, 0.25) is 0 Å². The van der Waals surface area contributed by atoms with Gasteiger partial charge in [-0.1, -0.05) is 247 Å². The maximum Gasteiger partial charge on any atom is 0.472 e. The van der Waals surface area contributed by atoms with Crippen LogP contribution in [0.3, 0.4) is 0 Å². The van der Waals surface area contributed by atoms with Gasteiger partial charge in [0.25, 0.3) is 0 Å². The Bertz CT molecular complexity index is 1550. The van der Waals surface area contributed by atoms with Crippen LogP contribution < -0.4 is 0 Å². The second-order valence-corrected chi connectivity index (χ2v) is 25.1. The van der Waals surface area contributed by atoms with E-state index in [1.54, 1.807) is 0 Å². The van der Waals surface area contributed by atoms with Crippen LogP contribution in [0.4, 0.5) is 0 Å². The summed E-state index contributed by atoms with van der Waals surface area (Å²) in [5.41, 5.74) is 0. The number of aliphatic hydroxyl groups excluding tert-OH is 1. The summed E-state index contributed by atoms with van der Waals surface area (Å²) in [5, 5.41) is 10.5. The van der Waals surface area contributed by atoms with Crippen molar-refractivity contribution in [3.8, 4) is 0 Å². The molecule has 0 aromatic rings. The molecule has 0 heterocycles. The molecule has 0 aliphatic rings. The zero-order valence-electron chi connectivity index (χ0n) is 50.5. The molecule has 468 valence electrons. The molecule has 3 N–H and O–H groups in total. The summed E-state index contributed by atoms with van der Waals surface area (Å²) in [6.45, 7) is 7.07. The van der Waals surface area contributed by atoms with Crippen molar-refractivity contribution in [3.05, 3.63) is 0 Å². The first-order valence-corrected chi connectivity index (χ1v) is 34.6. The molecule has 0 saturated heterocycles. The normalized spacial score (nSPS) is 14.3. The Morgan fingerprint density at radius 1 is 0.342 bits per heavy atom. The Kier molecular flexibility index (Phi) is 52.7. The minimum Gasteiger partial charge on any atom is -0.462 e. The van der Waals surface area contributed by atoms with Gasteiger partial charge in [0.05, 0.1) is 26.4 Å². The molecule has 0 fully saturated rings. The van der Waals surface area contributed by atoms with Crippen LogP contribution in [0, 0.1) is 5.92 Å². The number of phosphoric acid groups is 2. The number of esters is 4. The summed E-state index contributed by atoms with van der Waals surface area (Å²) in [7, 11) is -9.86. The van der Waals surface area contributed by atoms with Crippen molar-refractivity contribution in [2.24, 2.45) is 5.92 Å². The van der Waals surface area contributed by atoms with Crippen LogP contribution in [0.15, 0.2) is 0 Å². The first-order chi connectivity index (χ1) is 38.0. The fourth-order valence-corrected chi connectivity index (χ4v) is 10.5. The Morgan fingerprint density at radius 2 is 0.582 bits per heavy atom. The molecule has 0 aromatic carbocycles. The van der Waals surface area contributed by atoms with Gasteiger partial charge in [0.15, 0.2) is 12.2 Å². The molecule has 0 aromatic heterocycles. The van der Waals surface area contributed by atoms with Gasteiger partial charge in [-0.25, -0.2) is 9.13 Å². The number of hydrogen-bond donors (Lipinski definition) is 3. The molecular formula is C60H116O17P2. The Labute approximate surface area is 479 Å². The van der Waals surface area contributed by atoms with E-state index in [-0.39, 0.29) is 25.7 Å². The quantitative estimate of drug-likeness (QED) is 0.0222. The highest BCUT2D eigenvalue weighted by Crippen LogP contribution is 2.45. The van der Waals surface area contributed by atoms with Crippen molar-refractivity contribution in [3.63, 3.8) is 0 Å². The van der Waals surface area contributed by atoms with Crippen LogP contribution >= 0.6 is 15.6 Å². The van der Waals surface area contributed by atoms with E-state index in [0.717, 1.165) is 134 Å². The lowest BCUT2D eigenvalue weighted by Crippen LogP contribution is -2.30. The van der Waals surface area contributed by atoms with Crippen molar-refractivity contribution in [1.82, 2.24) is 0 Å². The molecule has 0 spiro atoms. The lowest BCUT2D eigenvalue weighted by Gasteiger charge is -2.21. The third-order valence-corrected chi connectivity index (χ3v) is 15.7. The van der Waals surface area contributed by atoms with Crippen LogP contribution in [-0.2, 0) is 65.4 Å². The topological polar surface area (TPSA) is 237 Å². The second kappa shape index (κ2) is 54.0. The SMILES string of the molecule is CCCCCCCCCC(=O)OC[C@H](COP(=O)(O)OC[C@H](O)COP(=O)(O)OC[C@@H](COC(=O)CCCCCCCCC)OC(=O)CCCCCCCCCCCCCCCCCC(C)C)OC(=O)CCCCCCCCC. The zero-order valence-corrected chi connectivity index (χ0v) is 52.3. The number of hydrogen-bond acceptors (Lipinski definition) is 15. The van der Waals surface area contributed by atoms with Gasteiger partial charge in [-0.05, 0) is 31.6 Å². The zero-order chi connectivity index (χ0) is 58.5. The van der Waals surface area contributed by atoms with Crippen molar-refractivity contribution in [2.45, 2.75) is 316 Å². The maximum absolute atomic E-state index is 12.9. The molecule has 0 aliphatic carbocycles. The molecule has 17 nitrogen and oxygen atoms in total. The maximum atomic E-state index is 12.9. The number of ether oxygens (including phenoxy) is 4. The fourth-order valence-electron chi connectivity index (χ4n) is 8.88. The van der Waals surface area contributed by atoms with Crippen LogP contribution in [0.25, 0.3) is 0 Å². The predicted octanol–water partition coefficient (Wildman–Crippen LogP) is 16.2. The third kappa shape index (κ3) is 55.0. The summed E-state index contributed by atoms with van der Waals surface area (Å²) in [5.74, 6) is -1.35. The highest BCUT2D eigenvalue weighted by Gasteiger charge is 2.30. The molecule has 2 unspecified atom stereocenters. The van der Waals surface area contributed by atoms with Crippen LogP contribution in [-0.4, -0.2) is 96.7 Å². The van der Waals surface area contributed by atoms with Crippen molar-refractivity contribution in [1.29, 1.82) is 0 Å². The summed E-state index contributed by atoms with van der Waals surface area (Å²) in [6, 6.07) is 0. The average Bonchev–Trinajstić information content (AvgIpc) is 3.41. The standard InChI is InChI=1S/C60H116O17P2/c1-6-9-12-15-27-33-38-43-57(62)70-49-55(76-59(64)45-40-35-29-17-14-11-8-3)51-74-78(66,67)72-47-54(61)48-73-79(68,69)75-52-56(50-71-58(63)44-39-34-28-16-13-10-7-2)77-60(65)46-41-36-31-26-24-22-20-18-19-21-23-25-30-32-37-42-53(4)5/h53-56,61H,6-52H2,1-5H3,(H,66,67)(H,68,69)/t54-,55+,56+/m0/s1. The number of aliphatic hydroxyl groups is 1. The molecule has 0 bridgehead atoms. The number of rotatable bonds is 60. The predicted molar refractivity (Wildman–Crippen MR) is 312 cm³/mol. The van der Waals surface area contributed by atoms with E-state index in [9.17, 15) is 43.2 Å². The van der Waals surface area contributed by atoms with E-state index in [0.29, 0.717) is 25.7 Å². The van der Waals surface area contributed by atoms with E-state index < -0.39 is 97.5 Å². The Morgan fingerprint density at radius 3 is 0.861 bits per heavy atom. The van der Waals surface area contributed by atoms with Gasteiger partial charge in [0, 0.05) is 25.7 Å². The summed E-state index contributed by atoms with van der Waals surface area (Å²) in [6.07, 6.45) is 36.6. The van der Waals surface area contributed by atoms with Crippen LogP contribution in [0.5, 0.6) is 0 Å². The monoisotopic (exact) mass is 1170 g/mol. The van der Waals surface area contributed by atoms with Crippen molar-refractivity contribution < 1.29 is 80.2 Å². The molecule has 5 atom stereocenters. The third-order valence-electron chi connectivity index (χ3n) is 13.8. The highest BCUT2D eigenvalue weighted by molar-refractivity contribution is 7.47. The molecule has 79 heavy (non-hydrogen) atoms. The van der Waals surface area contributed by atoms with Crippen molar-refractivity contribution in [2.75, 3.05) is 39.6 Å². The summed E-state index contributed by atoms with van der Waals surface area (Å²) < 4.78 is 67.5. The number of unbranched alkanes of at least 4 members (excludes halogenated alkanes) is 32. The second-order valence-electron chi connectivity index (χ2n) is 22.2. The fraction of sp³-hybridized carbons (Fsp3) is 0.933. The summed E-state index contributed by atoms with van der Waals surface area (Å²) in [4.78, 5) is 71.6. The largest absolute Gasteiger partial charge is 0.472 e. The smallest absolute Gasteiger partial charge is 0.462 e. The minimum atomic E-state index is -4.93. The summed E-state index contributed by atoms with van der Waals surface area (Å²) >= 11 is 0. The first-order valence-electron chi connectivity index (χ1n) is 31.6. The molecular weight excluding hydrogens is 1050 g/mol. The van der Waals surface area contributed by atoms with Crippen molar-refractivity contribution >= 4 is 39.5 Å². The van der Waals surface area contributed by atoms with E-state index in [2.05, 4.69) is 34.6 Å². The lowest BCUT2D eigenvalue weighted by molar-refractivity contribution is -0.161. The molecule has 19 heteroatoms. The van der Waals surface area contributed by atoms with E-state index in [1.807, 2.05) is 0 Å². The van der Waals surface area contributed by atoms with E-state index in [1.165, 1.54) is 83.5 Å². The van der Waals surface area contributed by atoms with Gasteiger partial charge in [0.2, 0.25) is 0 Å². The van der Waals surface area contributed by atoms with Crippen LogP contribution in [0.1, 0.15) is 298 Å². The van der Waals surface area contributed by atoms with Gasteiger partial charge in [0.1, 0.15) is 19.3 Å². The Hall–Kier alpha value is -1.94. The molecule has 0 rings (SSSR count). The van der Waals surface area contributed by atoms with Gasteiger partial charge < -0.3 is 33.8 Å². The molecule has 0 radical (unpaired) electrons.